The van der Waals surface area contributed by atoms with Gasteiger partial charge in [0.1, 0.15) is 18.4 Å². The lowest BCUT2D eigenvalue weighted by molar-refractivity contribution is -0.197. The average molecular weight is 930 g/mol. The number of amides is 6. The first-order valence-electron chi connectivity index (χ1n) is 21.9. The molecule has 1 aliphatic rings. The molecule has 0 saturated carbocycles. The van der Waals surface area contributed by atoms with Crippen molar-refractivity contribution in [3.05, 3.63) is 104 Å². The number of nitrogens with zero attached hydrogens (tertiary/aromatic N) is 4. The molecule has 4 atom stereocenters. The number of carbonyl (C=O) groups is 7. The number of ether oxygens (including phenoxy) is 1. The predicted octanol–water partition coefficient (Wildman–Crippen LogP) is 6.90. The molecule has 0 spiro atoms. The van der Waals surface area contributed by atoms with Crippen LogP contribution in [0, 0.1) is 11.8 Å². The highest BCUT2D eigenvalue weighted by Crippen LogP contribution is 2.25. The van der Waals surface area contributed by atoms with Gasteiger partial charge in [0.15, 0.2) is 0 Å². The maximum atomic E-state index is 14.4. The van der Waals surface area contributed by atoms with E-state index in [1.54, 1.807) is 30.1 Å². The number of hydrogen-bond acceptors (Lipinski definition) is 13. The largest absolute Gasteiger partial charge is 0.444 e. The molecule has 5 rings (SSSR count). The molecule has 0 aliphatic carbocycles. The average Bonchev–Trinajstić information content (AvgIpc) is 4.05. The number of carbonyl (C=O) groups excluding carboxylic acids is 7. The molecule has 1 fully saturated rings. The summed E-state index contributed by atoms with van der Waals surface area (Å²) in [5.74, 6) is -3.24. The normalized spacial score (nSPS) is 14.4. The molecule has 0 bridgehead atoms. The minimum atomic E-state index is -0.921. The van der Waals surface area contributed by atoms with Crippen LogP contribution in [0.4, 0.5) is 9.59 Å². The molecule has 18 heteroatoms. The summed E-state index contributed by atoms with van der Waals surface area (Å²) >= 11 is 2.89. The van der Waals surface area contributed by atoms with Crippen LogP contribution in [-0.2, 0) is 59.5 Å². The molecule has 65 heavy (non-hydrogen) atoms. The van der Waals surface area contributed by atoms with Crippen LogP contribution in [0.5, 0.6) is 0 Å². The van der Waals surface area contributed by atoms with E-state index in [2.05, 4.69) is 39.8 Å². The zero-order valence-corrected chi connectivity index (χ0v) is 39.2. The first-order chi connectivity index (χ1) is 31.1. The molecule has 1 saturated heterocycles. The molecule has 2 aromatic carbocycles. The van der Waals surface area contributed by atoms with Crippen LogP contribution in [-0.4, -0.2) is 86.7 Å². The van der Waals surface area contributed by atoms with Gasteiger partial charge in [-0.3, -0.25) is 24.2 Å². The number of hydroxylamine groups is 2. The Kier molecular flexibility index (Phi) is 19.1. The lowest BCUT2D eigenvalue weighted by atomic mass is 9.82. The van der Waals surface area contributed by atoms with Crippen molar-refractivity contribution >= 4 is 64.3 Å². The number of nitrogens with one attached hydrogen (secondary N) is 3. The summed E-state index contributed by atoms with van der Waals surface area (Å²) in [6.07, 6.45) is 1.55. The van der Waals surface area contributed by atoms with Gasteiger partial charge < -0.3 is 30.4 Å². The number of ketones is 1. The second-order valence-corrected chi connectivity index (χ2v) is 18.7. The van der Waals surface area contributed by atoms with E-state index in [1.165, 1.54) is 16.2 Å². The minimum absolute atomic E-state index is 0.00414. The monoisotopic (exact) mass is 929 g/mol. The number of hydrogen-bond donors (Lipinski definition) is 3. The molecular formula is C47H59N7O9S2. The van der Waals surface area contributed by atoms with E-state index in [4.69, 9.17) is 9.57 Å². The molecule has 348 valence electrons. The first-order valence-corrected chi connectivity index (χ1v) is 23.6. The van der Waals surface area contributed by atoms with E-state index in [-0.39, 0.29) is 75.7 Å². The number of urea groups is 1. The standard InChI is InChI=1S/C47H59N7O9S2/c1-30(2)43(52-46(60)53(5)26-36-28-64-45(50-36)31(3)4)44(59)49-35(21-32-13-8-6-9-14-32)23-34(24-37(55)17-12-18-42(58)63-54-40(56)19-20-41(54)57)39(22-33-15-10-7-11-16-33)51-47(61)62-27-38-25-48-29-65-38/h6-11,13-16,25,28-31,34-35,39,43H,12,17-24,26-27H2,1-5H3,(H,49,59)(H,51,61)(H,52,60)/t34?,35-,39-,43-/m0/s1. The number of aromatic nitrogens is 2. The second-order valence-electron chi connectivity index (χ2n) is 16.9. The van der Waals surface area contributed by atoms with Crippen molar-refractivity contribution in [1.29, 1.82) is 0 Å². The van der Waals surface area contributed by atoms with E-state index < -0.39 is 59.9 Å². The Morgan fingerprint density at radius 1 is 0.846 bits per heavy atom. The highest BCUT2D eigenvalue weighted by Gasteiger charge is 2.34. The fourth-order valence-electron chi connectivity index (χ4n) is 7.37. The van der Waals surface area contributed by atoms with Gasteiger partial charge in [-0.25, -0.2) is 19.4 Å². The van der Waals surface area contributed by atoms with Crippen LogP contribution < -0.4 is 16.0 Å². The maximum absolute atomic E-state index is 14.4. The van der Waals surface area contributed by atoms with Crippen molar-refractivity contribution < 1.29 is 43.1 Å². The van der Waals surface area contributed by atoms with Crippen LogP contribution in [0.3, 0.4) is 0 Å². The van der Waals surface area contributed by atoms with Gasteiger partial charge in [0, 0.05) is 68.7 Å². The van der Waals surface area contributed by atoms with Crippen molar-refractivity contribution in [3.8, 4) is 0 Å². The molecule has 2 aromatic heterocycles. The molecular weight excluding hydrogens is 871 g/mol. The molecule has 1 unspecified atom stereocenters. The fourth-order valence-corrected chi connectivity index (χ4v) is 8.70. The third-order valence-electron chi connectivity index (χ3n) is 10.8. The summed E-state index contributed by atoms with van der Waals surface area (Å²) in [6.45, 7) is 8.07. The van der Waals surface area contributed by atoms with Gasteiger partial charge >= 0.3 is 18.1 Å². The van der Waals surface area contributed by atoms with E-state index in [0.717, 1.165) is 26.7 Å². The van der Waals surface area contributed by atoms with Crippen molar-refractivity contribution in [2.45, 2.75) is 123 Å². The van der Waals surface area contributed by atoms with Crippen LogP contribution in [0.1, 0.15) is 105 Å². The number of benzene rings is 2. The smallest absolute Gasteiger partial charge is 0.407 e. The van der Waals surface area contributed by atoms with Crippen molar-refractivity contribution in [3.63, 3.8) is 0 Å². The Bertz CT molecular complexity index is 2190. The number of thiazole rings is 2. The molecule has 6 amide bonds. The van der Waals surface area contributed by atoms with Crippen LogP contribution in [0.2, 0.25) is 0 Å². The highest BCUT2D eigenvalue weighted by atomic mass is 32.1. The Balaban J connectivity index is 1.38. The lowest BCUT2D eigenvalue weighted by Crippen LogP contribution is -2.55. The van der Waals surface area contributed by atoms with Crippen molar-refractivity contribution in [1.82, 2.24) is 35.9 Å². The SMILES string of the molecule is CC(C)c1nc(CN(C)C(=O)N[C@H](C(=O)N[C@@H](Cc2ccccc2)CC(CC(=O)CCCC(=O)ON2C(=O)CCC2=O)[C@H](Cc2ccccc2)NC(=O)OCc2cncs2)C(C)C)cs1. The van der Waals surface area contributed by atoms with Gasteiger partial charge in [-0.1, -0.05) is 88.4 Å². The number of imide groups is 1. The minimum Gasteiger partial charge on any atom is -0.444 e. The number of Topliss-reactive ketones (excluding diaryl/α,β-unsaturated/α-hetero) is 1. The van der Waals surface area contributed by atoms with E-state index in [1.807, 2.05) is 79.9 Å². The number of alkyl carbamates (subject to hydrolysis) is 1. The van der Waals surface area contributed by atoms with Crippen molar-refractivity contribution in [2.24, 2.45) is 11.8 Å². The Morgan fingerprint density at radius 3 is 2.11 bits per heavy atom. The van der Waals surface area contributed by atoms with Gasteiger partial charge in [-0.15, -0.1) is 27.7 Å². The molecule has 4 aromatic rings. The molecule has 1 aliphatic heterocycles. The van der Waals surface area contributed by atoms with E-state index >= 15 is 0 Å². The summed E-state index contributed by atoms with van der Waals surface area (Å²) in [7, 11) is 1.65. The predicted molar refractivity (Wildman–Crippen MR) is 245 cm³/mol. The van der Waals surface area contributed by atoms with Crippen LogP contribution in [0.25, 0.3) is 0 Å². The van der Waals surface area contributed by atoms with Gasteiger partial charge in [-0.05, 0) is 48.6 Å². The van der Waals surface area contributed by atoms with Gasteiger partial charge in [0.25, 0.3) is 11.8 Å². The quantitative estimate of drug-likeness (QED) is 0.0617. The maximum Gasteiger partial charge on any atom is 0.407 e. The summed E-state index contributed by atoms with van der Waals surface area (Å²) in [4.78, 5) is 108. The molecule has 0 radical (unpaired) electrons. The Labute approximate surface area is 387 Å². The van der Waals surface area contributed by atoms with Crippen LogP contribution >= 0.6 is 22.7 Å². The van der Waals surface area contributed by atoms with Gasteiger partial charge in [0.2, 0.25) is 5.91 Å². The van der Waals surface area contributed by atoms with E-state index in [9.17, 15) is 33.6 Å². The van der Waals surface area contributed by atoms with Gasteiger partial charge in [0.05, 0.1) is 27.6 Å². The van der Waals surface area contributed by atoms with E-state index in [0.29, 0.717) is 17.9 Å². The summed E-state index contributed by atoms with van der Waals surface area (Å²) in [5.41, 5.74) is 4.20. The Morgan fingerprint density at radius 2 is 1.51 bits per heavy atom. The van der Waals surface area contributed by atoms with Crippen LogP contribution in [0.15, 0.2) is 77.8 Å². The summed E-state index contributed by atoms with van der Waals surface area (Å²) < 4.78 is 5.61. The fraction of sp³-hybridized carbons (Fsp3) is 0.468. The van der Waals surface area contributed by atoms with Crippen molar-refractivity contribution in [2.75, 3.05) is 7.05 Å². The third-order valence-corrected chi connectivity index (χ3v) is 12.8. The third kappa shape index (κ3) is 16.2. The topological polar surface area (TPSA) is 206 Å². The highest BCUT2D eigenvalue weighted by molar-refractivity contribution is 7.09. The summed E-state index contributed by atoms with van der Waals surface area (Å²) in [5, 5.41) is 12.6. The zero-order valence-electron chi connectivity index (χ0n) is 37.5. The number of rotatable bonds is 24. The second kappa shape index (κ2) is 24.9. The molecule has 3 N–H and O–H groups in total. The molecule has 16 nitrogen and oxygen atoms in total. The Hall–Kier alpha value is -6.01. The summed E-state index contributed by atoms with van der Waals surface area (Å²) in [6, 6.07) is 16.5. The first kappa shape index (κ1) is 50.0. The molecule has 3 heterocycles. The zero-order chi connectivity index (χ0) is 46.9. The van der Waals surface area contributed by atoms with Gasteiger partial charge in [-0.2, -0.15) is 0 Å². The lowest BCUT2D eigenvalue weighted by Gasteiger charge is -2.33.